The minimum absolute atomic E-state index is 0. The van der Waals surface area contributed by atoms with Gasteiger partial charge >= 0.3 is 5.97 Å². The van der Waals surface area contributed by atoms with Crippen molar-refractivity contribution in [2.75, 3.05) is 20.8 Å². The molecule has 0 aliphatic carbocycles. The molecule has 1 aliphatic heterocycles. The van der Waals surface area contributed by atoms with E-state index in [0.29, 0.717) is 0 Å². The molecule has 2 atom stereocenters. The van der Waals surface area contributed by atoms with Crippen molar-refractivity contribution in [2.24, 2.45) is 0 Å². The van der Waals surface area contributed by atoms with Gasteiger partial charge in [0.15, 0.2) is 11.9 Å². The number of ether oxygens (including phenoxy) is 3. The largest absolute Gasteiger partial charge is 0.493 e. The van der Waals surface area contributed by atoms with Crippen molar-refractivity contribution in [3.63, 3.8) is 0 Å². The van der Waals surface area contributed by atoms with Crippen LogP contribution in [0.3, 0.4) is 0 Å². The summed E-state index contributed by atoms with van der Waals surface area (Å²) in [6, 6.07) is 0. The Bertz CT molecular complexity index is 264. The molecule has 0 fully saturated rings. The van der Waals surface area contributed by atoms with E-state index in [-0.39, 0.29) is 28.6 Å². The van der Waals surface area contributed by atoms with Gasteiger partial charge in [-0.3, -0.25) is 0 Å². The predicted molar refractivity (Wildman–Crippen MR) is 44.0 cm³/mol. The van der Waals surface area contributed by atoms with E-state index < -0.39 is 24.8 Å². The van der Waals surface area contributed by atoms with E-state index in [1.807, 2.05) is 0 Å². The number of cyclic esters (lactones) is 1. The molecule has 1 aliphatic rings. The minimum Gasteiger partial charge on any atom is -0.493 e. The molecular weight excluding hydrogens is 256 g/mol. The van der Waals surface area contributed by atoms with Gasteiger partial charge in [0.1, 0.15) is 6.10 Å². The molecule has 15 heavy (non-hydrogen) atoms. The molecule has 6 nitrogen and oxygen atoms in total. The molecule has 0 aromatic carbocycles. The van der Waals surface area contributed by atoms with E-state index in [9.17, 15) is 9.90 Å². The van der Waals surface area contributed by atoms with E-state index in [4.69, 9.17) is 19.3 Å². The fourth-order valence-electron chi connectivity index (χ4n) is 1.19. The van der Waals surface area contributed by atoms with Crippen LogP contribution < -0.4 is 0 Å². The fraction of sp³-hybridized carbons (Fsp3) is 0.625. The topological polar surface area (TPSA) is 85.2 Å². The van der Waals surface area contributed by atoms with Crippen LogP contribution in [0.4, 0.5) is 0 Å². The minimum atomic E-state index is -1.21. The Kier molecular flexibility index (Phi) is 5.67. The van der Waals surface area contributed by atoms with Crippen LogP contribution in [-0.4, -0.2) is 49.2 Å². The van der Waals surface area contributed by atoms with E-state index >= 15 is 0 Å². The monoisotopic (exact) mass is 267 g/mol. The van der Waals surface area contributed by atoms with E-state index in [1.165, 1.54) is 14.2 Å². The molecule has 7 heteroatoms. The summed E-state index contributed by atoms with van der Waals surface area (Å²) in [5, 5.41) is 18.0. The molecule has 0 aromatic rings. The maximum atomic E-state index is 11.1. The van der Waals surface area contributed by atoms with Gasteiger partial charge in [0.2, 0.25) is 5.76 Å². The first-order valence-corrected chi connectivity index (χ1v) is 3.97. The number of methoxy groups -OCH3 is 2. The SMILES string of the molecule is COC1=C(OC)C([C@H](O)CO)OC1=O.[Cu]. The van der Waals surface area contributed by atoms with Crippen LogP contribution in [0.25, 0.3) is 0 Å². The van der Waals surface area contributed by atoms with Crippen molar-refractivity contribution in [2.45, 2.75) is 12.2 Å². The summed E-state index contributed by atoms with van der Waals surface area (Å²) in [5.41, 5.74) is 0. The van der Waals surface area contributed by atoms with Crippen molar-refractivity contribution in [3.05, 3.63) is 11.5 Å². The van der Waals surface area contributed by atoms with Gasteiger partial charge < -0.3 is 24.4 Å². The number of rotatable bonds is 4. The normalized spacial score (nSPS) is 21.9. The number of hydrogen-bond donors (Lipinski definition) is 2. The second kappa shape index (κ2) is 5.97. The molecule has 1 heterocycles. The molecule has 2 N–H and O–H groups in total. The Labute approximate surface area is 97.3 Å². The van der Waals surface area contributed by atoms with Gasteiger partial charge in [-0.15, -0.1) is 0 Å². The summed E-state index contributed by atoms with van der Waals surface area (Å²) in [5.74, 6) is -0.689. The third-order valence-corrected chi connectivity index (χ3v) is 1.86. The average molecular weight is 268 g/mol. The van der Waals surface area contributed by atoms with Gasteiger partial charge in [-0.1, -0.05) is 0 Å². The predicted octanol–water partition coefficient (Wildman–Crippen LogP) is -1.23. The van der Waals surface area contributed by atoms with E-state index in [2.05, 4.69) is 0 Å². The van der Waals surface area contributed by atoms with Crippen LogP contribution in [0.5, 0.6) is 0 Å². The maximum Gasteiger partial charge on any atom is 0.378 e. The van der Waals surface area contributed by atoms with Crippen molar-refractivity contribution in [1.29, 1.82) is 0 Å². The van der Waals surface area contributed by atoms with Crippen LogP contribution in [0.2, 0.25) is 0 Å². The third-order valence-electron chi connectivity index (χ3n) is 1.86. The number of carbonyl (C=O) groups is 1. The van der Waals surface area contributed by atoms with Crippen molar-refractivity contribution in [1.82, 2.24) is 0 Å². The Morgan fingerprint density at radius 1 is 1.47 bits per heavy atom. The van der Waals surface area contributed by atoms with Gasteiger partial charge in [-0.2, -0.15) is 0 Å². The summed E-state index contributed by atoms with van der Waals surface area (Å²) < 4.78 is 14.3. The molecule has 1 rings (SSSR count). The zero-order valence-corrected chi connectivity index (χ0v) is 9.13. The zero-order chi connectivity index (χ0) is 10.7. The van der Waals surface area contributed by atoms with E-state index in [0.717, 1.165) is 0 Å². The smallest absolute Gasteiger partial charge is 0.378 e. The first-order chi connectivity index (χ1) is 6.65. The Hall–Kier alpha value is -0.751. The summed E-state index contributed by atoms with van der Waals surface area (Å²) in [6.07, 6.45) is -2.20. The standard InChI is InChI=1S/C8H12O6.Cu/c1-12-6-5(4(10)3-9)14-8(11)7(6)13-2;/h4-5,9-10H,3H2,1-2H3;/t4-,5?;/m1./s1. The summed E-state index contributed by atoms with van der Waals surface area (Å²) in [7, 11) is 2.62. The molecule has 0 aromatic heterocycles. The van der Waals surface area contributed by atoms with Gasteiger partial charge in [0, 0.05) is 17.1 Å². The fourth-order valence-corrected chi connectivity index (χ4v) is 1.19. The number of aliphatic hydroxyl groups is 2. The number of hydrogen-bond acceptors (Lipinski definition) is 6. The quantitative estimate of drug-likeness (QED) is 0.490. The maximum absolute atomic E-state index is 11.1. The molecule has 0 saturated carbocycles. The van der Waals surface area contributed by atoms with Crippen LogP contribution in [0.15, 0.2) is 11.5 Å². The zero-order valence-electron chi connectivity index (χ0n) is 8.19. The van der Waals surface area contributed by atoms with Crippen LogP contribution in [0, 0.1) is 0 Å². The molecule has 91 valence electrons. The van der Waals surface area contributed by atoms with Gasteiger partial charge in [-0.05, 0) is 0 Å². The van der Waals surface area contributed by atoms with Crippen molar-refractivity contribution < 1.29 is 46.3 Å². The van der Waals surface area contributed by atoms with Gasteiger partial charge in [-0.25, -0.2) is 4.79 Å². The number of esters is 1. The van der Waals surface area contributed by atoms with Gasteiger partial charge in [0.25, 0.3) is 0 Å². The molecular formula is C8H12CuO6. The second-order valence-electron chi connectivity index (χ2n) is 2.68. The number of carbonyl (C=O) groups excluding carboxylic acids is 1. The van der Waals surface area contributed by atoms with Crippen LogP contribution in [-0.2, 0) is 36.1 Å². The van der Waals surface area contributed by atoms with Crippen molar-refractivity contribution >= 4 is 5.97 Å². The molecule has 0 amide bonds. The summed E-state index contributed by atoms with van der Waals surface area (Å²) >= 11 is 0. The molecule has 1 radical (unpaired) electrons. The summed E-state index contributed by atoms with van der Waals surface area (Å²) in [6.45, 7) is -0.526. The molecule has 0 spiro atoms. The second-order valence-corrected chi connectivity index (χ2v) is 2.68. The molecule has 1 unspecified atom stereocenters. The third kappa shape index (κ3) is 2.63. The van der Waals surface area contributed by atoms with Crippen LogP contribution >= 0.6 is 0 Å². The molecule has 0 saturated heterocycles. The Morgan fingerprint density at radius 2 is 2.07 bits per heavy atom. The van der Waals surface area contributed by atoms with Gasteiger partial charge in [0.05, 0.1) is 20.8 Å². The first-order valence-electron chi connectivity index (χ1n) is 3.97. The summed E-state index contributed by atoms with van der Waals surface area (Å²) in [4.78, 5) is 11.1. The molecule has 0 bridgehead atoms. The van der Waals surface area contributed by atoms with Crippen LogP contribution in [0.1, 0.15) is 0 Å². The Balaban J connectivity index is 0.00000196. The van der Waals surface area contributed by atoms with E-state index in [1.54, 1.807) is 0 Å². The Morgan fingerprint density at radius 3 is 2.47 bits per heavy atom. The number of aliphatic hydroxyl groups excluding tert-OH is 2. The average Bonchev–Trinajstić information content (AvgIpc) is 2.53. The van der Waals surface area contributed by atoms with Crippen molar-refractivity contribution in [3.8, 4) is 0 Å². The first kappa shape index (κ1) is 14.2.